The Morgan fingerprint density at radius 3 is 2.24 bits per heavy atom. The maximum atomic E-state index is 12.7. The summed E-state index contributed by atoms with van der Waals surface area (Å²) in [6.07, 6.45) is 1.11. The molecule has 1 aromatic carbocycles. The van der Waals surface area contributed by atoms with Crippen molar-refractivity contribution in [1.82, 2.24) is 14.9 Å². The fourth-order valence-electron chi connectivity index (χ4n) is 3.64. The van der Waals surface area contributed by atoms with Crippen molar-refractivity contribution in [3.8, 4) is 5.75 Å². The average Bonchev–Trinajstić information content (AvgIpc) is 2.80. The molecule has 1 amide bonds. The van der Waals surface area contributed by atoms with Gasteiger partial charge in [-0.15, -0.1) is 0 Å². The van der Waals surface area contributed by atoms with Crippen molar-refractivity contribution in [1.29, 1.82) is 0 Å². The Morgan fingerprint density at radius 1 is 0.966 bits per heavy atom. The minimum Gasteiger partial charge on any atom is -0.481 e. The molecule has 4 rings (SSSR count). The number of rotatable bonds is 5. The molecule has 2 fully saturated rings. The molecule has 2 aliphatic heterocycles. The molecular weight excluding hydrogens is 370 g/mol. The van der Waals surface area contributed by atoms with Gasteiger partial charge in [0.25, 0.3) is 5.91 Å². The number of benzene rings is 1. The van der Waals surface area contributed by atoms with Crippen LogP contribution in [-0.2, 0) is 9.53 Å². The van der Waals surface area contributed by atoms with Gasteiger partial charge in [-0.1, -0.05) is 18.2 Å². The van der Waals surface area contributed by atoms with Crippen LogP contribution in [0.3, 0.4) is 0 Å². The molecule has 1 atom stereocenters. The number of carbonyl (C=O) groups is 1. The van der Waals surface area contributed by atoms with E-state index < -0.39 is 6.10 Å². The maximum Gasteiger partial charge on any atom is 0.263 e. The second-order valence-corrected chi connectivity index (χ2v) is 7.22. The number of morpholine rings is 1. The number of para-hydroxylation sites is 1. The molecule has 1 aromatic heterocycles. The minimum absolute atomic E-state index is 0.0187. The summed E-state index contributed by atoms with van der Waals surface area (Å²) in [5.74, 6) is 2.57. The summed E-state index contributed by atoms with van der Waals surface area (Å²) in [5, 5.41) is 0. The van der Waals surface area contributed by atoms with Crippen LogP contribution >= 0.6 is 0 Å². The predicted molar refractivity (Wildman–Crippen MR) is 110 cm³/mol. The molecule has 0 N–H and O–H groups in total. The molecule has 0 bridgehead atoms. The Kier molecular flexibility index (Phi) is 6.09. The zero-order valence-corrected chi connectivity index (χ0v) is 16.7. The number of carbonyl (C=O) groups excluding carboxylic acids is 1. The second kappa shape index (κ2) is 9.09. The lowest BCUT2D eigenvalue weighted by Gasteiger charge is -2.36. The van der Waals surface area contributed by atoms with Crippen molar-refractivity contribution in [3.63, 3.8) is 0 Å². The number of anilines is 2. The highest BCUT2D eigenvalue weighted by atomic mass is 16.5. The van der Waals surface area contributed by atoms with Crippen molar-refractivity contribution in [3.05, 3.63) is 42.7 Å². The highest BCUT2D eigenvalue weighted by Crippen LogP contribution is 2.20. The van der Waals surface area contributed by atoms with Gasteiger partial charge in [0.05, 0.1) is 13.2 Å². The Morgan fingerprint density at radius 2 is 1.59 bits per heavy atom. The van der Waals surface area contributed by atoms with Crippen LogP contribution in [0.1, 0.15) is 6.92 Å². The predicted octanol–water partition coefficient (Wildman–Crippen LogP) is 1.43. The normalized spacial score (nSPS) is 18.4. The third-order valence-corrected chi connectivity index (χ3v) is 5.29. The third-order valence-electron chi connectivity index (χ3n) is 5.29. The second-order valence-electron chi connectivity index (χ2n) is 7.22. The Labute approximate surface area is 171 Å². The van der Waals surface area contributed by atoms with E-state index in [1.807, 2.05) is 41.3 Å². The van der Waals surface area contributed by atoms with Gasteiger partial charge in [0.2, 0.25) is 0 Å². The molecule has 0 spiro atoms. The maximum absolute atomic E-state index is 12.7. The number of hydrogen-bond acceptors (Lipinski definition) is 7. The first-order chi connectivity index (χ1) is 14.2. The SMILES string of the molecule is CC(Oc1ccccc1)C(=O)N1CCN(c2cc(N3CCOCC3)ncn2)CC1. The zero-order chi connectivity index (χ0) is 20.1. The van der Waals surface area contributed by atoms with E-state index in [0.29, 0.717) is 18.8 Å². The van der Waals surface area contributed by atoms with E-state index in [9.17, 15) is 4.79 Å². The smallest absolute Gasteiger partial charge is 0.263 e. The van der Waals surface area contributed by atoms with Gasteiger partial charge in [0.15, 0.2) is 6.10 Å². The number of piperazine rings is 1. The molecule has 2 saturated heterocycles. The monoisotopic (exact) mass is 397 g/mol. The Balaban J connectivity index is 1.32. The first-order valence-electron chi connectivity index (χ1n) is 10.1. The van der Waals surface area contributed by atoms with Gasteiger partial charge in [-0.05, 0) is 19.1 Å². The summed E-state index contributed by atoms with van der Waals surface area (Å²) in [4.78, 5) is 27.9. The minimum atomic E-state index is -0.504. The largest absolute Gasteiger partial charge is 0.481 e. The van der Waals surface area contributed by atoms with E-state index >= 15 is 0 Å². The fourth-order valence-corrected chi connectivity index (χ4v) is 3.64. The zero-order valence-electron chi connectivity index (χ0n) is 16.7. The number of nitrogens with zero attached hydrogens (tertiary/aromatic N) is 5. The van der Waals surface area contributed by atoms with E-state index in [0.717, 1.165) is 51.0 Å². The highest BCUT2D eigenvalue weighted by Gasteiger charge is 2.27. The van der Waals surface area contributed by atoms with Gasteiger partial charge in [-0.2, -0.15) is 0 Å². The molecule has 0 radical (unpaired) electrons. The van der Waals surface area contributed by atoms with E-state index in [1.54, 1.807) is 13.3 Å². The molecule has 29 heavy (non-hydrogen) atoms. The van der Waals surface area contributed by atoms with Gasteiger partial charge in [-0.25, -0.2) is 9.97 Å². The molecule has 0 aliphatic carbocycles. The standard InChI is InChI=1S/C21H27N5O3/c1-17(29-18-5-3-2-4-6-18)21(27)26-9-7-24(8-10-26)19-15-20(23-16-22-19)25-11-13-28-14-12-25/h2-6,15-17H,7-14H2,1H3. The summed E-state index contributed by atoms with van der Waals surface area (Å²) < 4.78 is 11.2. The number of aromatic nitrogens is 2. The van der Waals surface area contributed by atoms with Crippen molar-refractivity contribution in [2.24, 2.45) is 0 Å². The number of hydrogen-bond donors (Lipinski definition) is 0. The van der Waals surface area contributed by atoms with Gasteiger partial charge >= 0.3 is 0 Å². The van der Waals surface area contributed by atoms with Crippen LogP contribution in [0.4, 0.5) is 11.6 Å². The Bertz CT molecular complexity index is 805. The van der Waals surface area contributed by atoms with Crippen LogP contribution in [0.25, 0.3) is 0 Å². The number of ether oxygens (including phenoxy) is 2. The first-order valence-corrected chi connectivity index (χ1v) is 10.1. The topological polar surface area (TPSA) is 71.0 Å². The molecular formula is C21H27N5O3. The molecule has 1 unspecified atom stereocenters. The summed E-state index contributed by atoms with van der Waals surface area (Å²) in [5.41, 5.74) is 0. The van der Waals surface area contributed by atoms with Gasteiger partial charge in [0.1, 0.15) is 23.7 Å². The van der Waals surface area contributed by atoms with Crippen molar-refractivity contribution < 1.29 is 14.3 Å². The molecule has 0 saturated carbocycles. The molecule has 8 nitrogen and oxygen atoms in total. The first kappa shape index (κ1) is 19.4. The van der Waals surface area contributed by atoms with Gasteiger partial charge in [0, 0.05) is 45.3 Å². The number of amides is 1. The van der Waals surface area contributed by atoms with Crippen LogP contribution in [0, 0.1) is 0 Å². The third kappa shape index (κ3) is 4.76. The quantitative estimate of drug-likeness (QED) is 0.756. The van der Waals surface area contributed by atoms with Crippen LogP contribution in [0.2, 0.25) is 0 Å². The van der Waals surface area contributed by atoms with Gasteiger partial charge in [-0.3, -0.25) is 4.79 Å². The van der Waals surface area contributed by atoms with Crippen LogP contribution < -0.4 is 14.5 Å². The van der Waals surface area contributed by atoms with Crippen LogP contribution in [-0.4, -0.2) is 79.4 Å². The van der Waals surface area contributed by atoms with E-state index in [2.05, 4.69) is 19.8 Å². The Hall–Kier alpha value is -2.87. The molecule has 3 heterocycles. The van der Waals surface area contributed by atoms with E-state index in [-0.39, 0.29) is 5.91 Å². The van der Waals surface area contributed by atoms with Gasteiger partial charge < -0.3 is 24.2 Å². The van der Waals surface area contributed by atoms with Crippen molar-refractivity contribution >= 4 is 17.5 Å². The van der Waals surface area contributed by atoms with Crippen molar-refractivity contribution in [2.45, 2.75) is 13.0 Å². The summed E-state index contributed by atoms with van der Waals surface area (Å²) >= 11 is 0. The molecule has 2 aromatic rings. The van der Waals surface area contributed by atoms with Crippen LogP contribution in [0.5, 0.6) is 5.75 Å². The fraction of sp³-hybridized carbons (Fsp3) is 0.476. The summed E-state index contributed by atoms with van der Waals surface area (Å²) in [6, 6.07) is 11.5. The summed E-state index contributed by atoms with van der Waals surface area (Å²) in [7, 11) is 0. The lowest BCUT2D eigenvalue weighted by molar-refractivity contribution is -0.138. The molecule has 154 valence electrons. The molecule has 2 aliphatic rings. The lowest BCUT2D eigenvalue weighted by Crippen LogP contribution is -2.52. The highest BCUT2D eigenvalue weighted by molar-refractivity contribution is 5.81. The lowest BCUT2D eigenvalue weighted by atomic mass is 10.2. The average molecular weight is 397 g/mol. The van der Waals surface area contributed by atoms with E-state index in [4.69, 9.17) is 9.47 Å². The summed E-state index contributed by atoms with van der Waals surface area (Å²) in [6.45, 7) is 7.73. The molecule has 8 heteroatoms. The van der Waals surface area contributed by atoms with E-state index in [1.165, 1.54) is 0 Å². The van der Waals surface area contributed by atoms with Crippen LogP contribution in [0.15, 0.2) is 42.7 Å². The van der Waals surface area contributed by atoms with Crippen molar-refractivity contribution in [2.75, 3.05) is 62.3 Å².